The van der Waals surface area contributed by atoms with Crippen LogP contribution in [-0.2, 0) is 9.53 Å². The predicted molar refractivity (Wildman–Crippen MR) is 108 cm³/mol. The number of carbonyl (C=O) groups excluding carboxylic acids is 3. The smallest absolute Gasteiger partial charge is 0.338 e. The van der Waals surface area contributed by atoms with Gasteiger partial charge in [-0.1, -0.05) is 23.2 Å². The number of nitrogens with one attached hydrogen (secondary N) is 2. The van der Waals surface area contributed by atoms with Crippen molar-refractivity contribution in [3.05, 3.63) is 51.5 Å². The summed E-state index contributed by atoms with van der Waals surface area (Å²) >= 11 is 11.9. The molecule has 0 aliphatic rings. The number of ether oxygens (including phenoxy) is 4. The number of hydrazine groups is 1. The summed E-state index contributed by atoms with van der Waals surface area (Å²) in [5.74, 6) is -1.51. The molecule has 2 aromatic carbocycles. The van der Waals surface area contributed by atoms with Crippen molar-refractivity contribution in [2.24, 2.45) is 0 Å². The van der Waals surface area contributed by atoms with Gasteiger partial charge in [-0.05, 0) is 30.3 Å². The summed E-state index contributed by atoms with van der Waals surface area (Å²) in [7, 11) is 4.17. The van der Waals surface area contributed by atoms with Crippen LogP contribution in [0.15, 0.2) is 30.3 Å². The molecule has 11 heteroatoms. The van der Waals surface area contributed by atoms with Gasteiger partial charge in [0.25, 0.3) is 11.8 Å². The molecule has 2 amide bonds. The molecule has 2 aromatic rings. The third-order valence-electron chi connectivity index (χ3n) is 3.73. The first-order chi connectivity index (χ1) is 14.3. The fourth-order valence-electron chi connectivity index (χ4n) is 2.34. The summed E-state index contributed by atoms with van der Waals surface area (Å²) in [6, 6.07) is 7.11. The van der Waals surface area contributed by atoms with Crippen LogP contribution in [0.25, 0.3) is 0 Å². The summed E-state index contributed by atoms with van der Waals surface area (Å²) in [6.07, 6.45) is 0. The van der Waals surface area contributed by atoms with Crippen molar-refractivity contribution in [1.82, 2.24) is 10.9 Å². The lowest BCUT2D eigenvalue weighted by molar-refractivity contribution is -0.125. The Bertz CT molecular complexity index is 966. The molecule has 0 fully saturated rings. The van der Waals surface area contributed by atoms with Gasteiger partial charge in [-0.25, -0.2) is 4.79 Å². The maximum atomic E-state index is 12.2. The number of hydrogen-bond donors (Lipinski definition) is 2. The van der Waals surface area contributed by atoms with Crippen LogP contribution in [0.2, 0.25) is 10.0 Å². The molecule has 0 heterocycles. The molecular weight excluding hydrogens is 439 g/mol. The minimum Gasteiger partial charge on any atom is -0.496 e. The van der Waals surface area contributed by atoms with Crippen molar-refractivity contribution in [3.8, 4) is 17.2 Å². The molecule has 0 aliphatic heterocycles. The monoisotopic (exact) mass is 456 g/mol. The SMILES string of the molecule is COc1ccc(Cl)cc1C(=O)NNC(=O)COC(=O)c1cc(Cl)c(OC)c(OC)c1. The van der Waals surface area contributed by atoms with E-state index < -0.39 is 24.4 Å². The number of esters is 1. The topological polar surface area (TPSA) is 112 Å². The van der Waals surface area contributed by atoms with Gasteiger partial charge < -0.3 is 18.9 Å². The summed E-state index contributed by atoms with van der Waals surface area (Å²) in [6.45, 7) is -0.655. The van der Waals surface area contributed by atoms with Gasteiger partial charge in [-0.15, -0.1) is 0 Å². The van der Waals surface area contributed by atoms with E-state index >= 15 is 0 Å². The molecule has 0 bridgehead atoms. The summed E-state index contributed by atoms with van der Waals surface area (Å²) in [5.41, 5.74) is 4.47. The third kappa shape index (κ3) is 5.68. The molecular formula is C19H18Cl2N2O7. The van der Waals surface area contributed by atoms with Crippen LogP contribution < -0.4 is 25.1 Å². The predicted octanol–water partition coefficient (Wildman–Crippen LogP) is 2.64. The normalized spacial score (nSPS) is 10.0. The van der Waals surface area contributed by atoms with Crippen molar-refractivity contribution in [2.75, 3.05) is 27.9 Å². The zero-order valence-corrected chi connectivity index (χ0v) is 17.7. The van der Waals surface area contributed by atoms with Gasteiger partial charge in [0.15, 0.2) is 18.1 Å². The molecule has 2 N–H and O–H groups in total. The Morgan fingerprint density at radius 2 is 1.60 bits per heavy atom. The molecule has 30 heavy (non-hydrogen) atoms. The molecule has 2 rings (SSSR count). The Labute approximate surface area is 182 Å². The standard InChI is InChI=1S/C19H18Cl2N2O7/c1-27-14-5-4-11(20)8-12(14)18(25)23-22-16(24)9-30-19(26)10-6-13(21)17(29-3)15(7-10)28-2/h4-8H,9H2,1-3H3,(H,22,24)(H,23,25). The quantitative estimate of drug-likeness (QED) is 0.486. The molecule has 0 spiro atoms. The van der Waals surface area contributed by atoms with Crippen LogP contribution in [0.5, 0.6) is 17.2 Å². The number of carbonyl (C=O) groups is 3. The second-order valence-electron chi connectivity index (χ2n) is 5.62. The molecule has 9 nitrogen and oxygen atoms in total. The van der Waals surface area contributed by atoms with Crippen LogP contribution in [0.4, 0.5) is 0 Å². The van der Waals surface area contributed by atoms with Crippen LogP contribution in [0.3, 0.4) is 0 Å². The van der Waals surface area contributed by atoms with Crippen LogP contribution in [-0.4, -0.2) is 45.7 Å². The number of halogens is 2. The van der Waals surface area contributed by atoms with E-state index in [4.69, 9.17) is 42.1 Å². The van der Waals surface area contributed by atoms with Crippen LogP contribution in [0, 0.1) is 0 Å². The molecule has 0 saturated carbocycles. The Morgan fingerprint density at radius 3 is 2.23 bits per heavy atom. The van der Waals surface area contributed by atoms with Gasteiger partial charge in [0.1, 0.15) is 5.75 Å². The number of hydrogen-bond acceptors (Lipinski definition) is 7. The maximum Gasteiger partial charge on any atom is 0.338 e. The zero-order valence-electron chi connectivity index (χ0n) is 16.2. The highest BCUT2D eigenvalue weighted by Crippen LogP contribution is 2.36. The number of methoxy groups -OCH3 is 3. The Kier molecular flexibility index (Phi) is 8.14. The third-order valence-corrected chi connectivity index (χ3v) is 4.24. The summed E-state index contributed by atoms with van der Waals surface area (Å²) < 4.78 is 20.2. The lowest BCUT2D eigenvalue weighted by atomic mass is 10.2. The zero-order chi connectivity index (χ0) is 22.3. The molecule has 0 aromatic heterocycles. The molecule has 0 aliphatic carbocycles. The average molecular weight is 457 g/mol. The number of rotatable bonds is 7. The van der Waals surface area contributed by atoms with E-state index in [0.717, 1.165) is 0 Å². The Hall–Kier alpha value is -3.17. The first kappa shape index (κ1) is 23.1. The van der Waals surface area contributed by atoms with Crippen molar-refractivity contribution in [1.29, 1.82) is 0 Å². The Morgan fingerprint density at radius 1 is 0.900 bits per heavy atom. The van der Waals surface area contributed by atoms with E-state index in [1.54, 1.807) is 6.07 Å². The molecule has 0 radical (unpaired) electrons. The van der Waals surface area contributed by atoms with Crippen LogP contribution >= 0.6 is 23.2 Å². The van der Waals surface area contributed by atoms with Gasteiger partial charge in [0.2, 0.25) is 0 Å². The lowest BCUT2D eigenvalue weighted by Crippen LogP contribution is -2.43. The van der Waals surface area contributed by atoms with Gasteiger partial charge in [0, 0.05) is 5.02 Å². The first-order valence-electron chi connectivity index (χ1n) is 8.32. The van der Waals surface area contributed by atoms with Crippen LogP contribution in [0.1, 0.15) is 20.7 Å². The Balaban J connectivity index is 1.94. The number of benzene rings is 2. The van der Waals surface area contributed by atoms with E-state index in [9.17, 15) is 14.4 Å². The van der Waals surface area contributed by atoms with Gasteiger partial charge in [0.05, 0.1) is 37.5 Å². The summed E-state index contributed by atoms with van der Waals surface area (Å²) in [4.78, 5) is 36.3. The van der Waals surface area contributed by atoms with E-state index in [0.29, 0.717) is 5.02 Å². The summed E-state index contributed by atoms with van der Waals surface area (Å²) in [5, 5.41) is 0.450. The molecule has 0 unspecified atom stereocenters. The average Bonchev–Trinajstić information content (AvgIpc) is 2.74. The van der Waals surface area contributed by atoms with Gasteiger partial charge in [-0.3, -0.25) is 20.4 Å². The number of amides is 2. The van der Waals surface area contributed by atoms with Crippen molar-refractivity contribution >= 4 is 41.0 Å². The van der Waals surface area contributed by atoms with Crippen molar-refractivity contribution in [2.45, 2.75) is 0 Å². The fourth-order valence-corrected chi connectivity index (χ4v) is 2.80. The van der Waals surface area contributed by atoms with E-state index in [1.165, 1.54) is 45.6 Å². The van der Waals surface area contributed by atoms with E-state index in [-0.39, 0.29) is 33.4 Å². The second-order valence-corrected chi connectivity index (χ2v) is 6.46. The second kappa shape index (κ2) is 10.6. The molecule has 0 saturated heterocycles. The minimum atomic E-state index is -0.823. The highest BCUT2D eigenvalue weighted by Gasteiger charge is 2.18. The highest BCUT2D eigenvalue weighted by molar-refractivity contribution is 6.32. The minimum absolute atomic E-state index is 0.0538. The van der Waals surface area contributed by atoms with Crippen molar-refractivity contribution < 1.29 is 33.3 Å². The highest BCUT2D eigenvalue weighted by atomic mass is 35.5. The van der Waals surface area contributed by atoms with Gasteiger partial charge >= 0.3 is 5.97 Å². The maximum absolute atomic E-state index is 12.2. The van der Waals surface area contributed by atoms with Gasteiger partial charge in [-0.2, -0.15) is 0 Å². The molecule has 160 valence electrons. The van der Waals surface area contributed by atoms with Crippen molar-refractivity contribution in [3.63, 3.8) is 0 Å². The van der Waals surface area contributed by atoms with E-state index in [1.807, 2.05) is 0 Å². The lowest BCUT2D eigenvalue weighted by Gasteiger charge is -2.12. The van der Waals surface area contributed by atoms with E-state index in [2.05, 4.69) is 10.9 Å². The molecule has 0 atom stereocenters. The fraction of sp³-hybridized carbons (Fsp3) is 0.211. The largest absolute Gasteiger partial charge is 0.496 e. The first-order valence-corrected chi connectivity index (χ1v) is 9.07.